The number of hydrogen-bond donors (Lipinski definition) is 1. The first kappa shape index (κ1) is 9.47. The lowest BCUT2D eigenvalue weighted by atomic mass is 9.79. The quantitative estimate of drug-likeness (QED) is 0.612. The van der Waals surface area contributed by atoms with Crippen molar-refractivity contribution in [1.29, 1.82) is 0 Å². The van der Waals surface area contributed by atoms with Crippen molar-refractivity contribution in [2.75, 3.05) is 20.1 Å². The molecule has 1 unspecified atom stereocenters. The van der Waals surface area contributed by atoms with E-state index < -0.39 is 0 Å². The van der Waals surface area contributed by atoms with Crippen molar-refractivity contribution in [3.8, 4) is 0 Å². The molecule has 0 amide bonds. The van der Waals surface area contributed by atoms with E-state index in [4.69, 9.17) is 0 Å². The minimum atomic E-state index is 0.519. The standard InChI is InChI=1S/C11H22N2/c1-10-8-13(2)11(9-12-10)6-4-3-5-7-11/h10,12H,3-9H2,1-2H3. The average Bonchev–Trinajstić information content (AvgIpc) is 2.14. The van der Waals surface area contributed by atoms with E-state index in [0.717, 1.165) is 0 Å². The Balaban J connectivity index is 2.03. The summed E-state index contributed by atoms with van der Waals surface area (Å²) in [5.74, 6) is 0. The minimum Gasteiger partial charge on any atom is -0.311 e. The van der Waals surface area contributed by atoms with Crippen molar-refractivity contribution in [3.05, 3.63) is 0 Å². The number of nitrogens with zero attached hydrogens (tertiary/aromatic N) is 1. The summed E-state index contributed by atoms with van der Waals surface area (Å²) >= 11 is 0. The van der Waals surface area contributed by atoms with Gasteiger partial charge in [0.2, 0.25) is 0 Å². The van der Waals surface area contributed by atoms with Crippen LogP contribution in [-0.4, -0.2) is 36.6 Å². The van der Waals surface area contributed by atoms with Gasteiger partial charge >= 0.3 is 0 Å². The second-order valence-corrected chi connectivity index (χ2v) is 4.95. The fourth-order valence-electron chi connectivity index (χ4n) is 2.94. The minimum absolute atomic E-state index is 0.519. The third-order valence-corrected chi connectivity index (χ3v) is 3.92. The Morgan fingerprint density at radius 1 is 1.23 bits per heavy atom. The molecule has 0 bridgehead atoms. The molecule has 1 N–H and O–H groups in total. The highest BCUT2D eigenvalue weighted by Gasteiger charge is 2.38. The molecule has 1 aliphatic carbocycles. The Hall–Kier alpha value is -0.0800. The summed E-state index contributed by atoms with van der Waals surface area (Å²) in [6.45, 7) is 4.72. The van der Waals surface area contributed by atoms with Crippen molar-refractivity contribution >= 4 is 0 Å². The molecule has 2 rings (SSSR count). The SMILES string of the molecule is CC1CN(C)C2(CCCCC2)CN1. The molecule has 0 radical (unpaired) electrons. The van der Waals surface area contributed by atoms with E-state index in [1.54, 1.807) is 0 Å². The highest BCUT2D eigenvalue weighted by atomic mass is 15.2. The van der Waals surface area contributed by atoms with Gasteiger partial charge in [-0.15, -0.1) is 0 Å². The summed E-state index contributed by atoms with van der Waals surface area (Å²) in [5.41, 5.74) is 0.519. The van der Waals surface area contributed by atoms with E-state index in [-0.39, 0.29) is 0 Å². The molecule has 1 aliphatic heterocycles. The van der Waals surface area contributed by atoms with E-state index in [1.165, 1.54) is 45.2 Å². The summed E-state index contributed by atoms with van der Waals surface area (Å²) in [6.07, 6.45) is 7.12. The number of rotatable bonds is 0. The molecule has 2 heteroatoms. The van der Waals surface area contributed by atoms with Crippen LogP contribution in [0.4, 0.5) is 0 Å². The van der Waals surface area contributed by atoms with Gasteiger partial charge < -0.3 is 5.32 Å². The van der Waals surface area contributed by atoms with Crippen LogP contribution in [0.1, 0.15) is 39.0 Å². The number of piperazine rings is 1. The Morgan fingerprint density at radius 2 is 1.92 bits per heavy atom. The number of nitrogens with one attached hydrogen (secondary N) is 1. The second kappa shape index (κ2) is 3.58. The van der Waals surface area contributed by atoms with Crippen molar-refractivity contribution in [2.24, 2.45) is 0 Å². The first-order valence-electron chi connectivity index (χ1n) is 5.68. The van der Waals surface area contributed by atoms with Crippen LogP contribution in [0.2, 0.25) is 0 Å². The molecule has 2 aliphatic rings. The monoisotopic (exact) mass is 182 g/mol. The summed E-state index contributed by atoms with van der Waals surface area (Å²) in [7, 11) is 2.31. The van der Waals surface area contributed by atoms with Crippen molar-refractivity contribution in [3.63, 3.8) is 0 Å². The summed E-state index contributed by atoms with van der Waals surface area (Å²) in [6, 6.07) is 0.678. The lowest BCUT2D eigenvalue weighted by Crippen LogP contribution is -2.63. The Labute approximate surface area is 81.7 Å². The molecule has 2 nitrogen and oxygen atoms in total. The van der Waals surface area contributed by atoms with Gasteiger partial charge in [0.05, 0.1) is 0 Å². The van der Waals surface area contributed by atoms with E-state index in [1.807, 2.05) is 0 Å². The van der Waals surface area contributed by atoms with Crippen molar-refractivity contribution in [2.45, 2.75) is 50.6 Å². The van der Waals surface area contributed by atoms with Crippen LogP contribution in [0.5, 0.6) is 0 Å². The van der Waals surface area contributed by atoms with Crippen LogP contribution in [0.25, 0.3) is 0 Å². The van der Waals surface area contributed by atoms with E-state index in [2.05, 4.69) is 24.2 Å². The lowest BCUT2D eigenvalue weighted by molar-refractivity contribution is 0.0352. The maximum Gasteiger partial charge on any atom is 0.0331 e. The lowest BCUT2D eigenvalue weighted by Gasteiger charge is -2.50. The summed E-state index contributed by atoms with van der Waals surface area (Å²) < 4.78 is 0. The maximum absolute atomic E-state index is 3.63. The van der Waals surface area contributed by atoms with E-state index in [9.17, 15) is 0 Å². The largest absolute Gasteiger partial charge is 0.311 e. The fourth-order valence-corrected chi connectivity index (χ4v) is 2.94. The molecule has 0 aromatic heterocycles. The number of hydrogen-bond acceptors (Lipinski definition) is 2. The molecule has 76 valence electrons. The normalized spacial score (nSPS) is 35.1. The van der Waals surface area contributed by atoms with E-state index >= 15 is 0 Å². The van der Waals surface area contributed by atoms with Crippen LogP contribution in [0, 0.1) is 0 Å². The van der Waals surface area contributed by atoms with Gasteiger partial charge in [-0.05, 0) is 26.8 Å². The molecule has 2 fully saturated rings. The third kappa shape index (κ3) is 1.75. The molecule has 13 heavy (non-hydrogen) atoms. The molecular weight excluding hydrogens is 160 g/mol. The van der Waals surface area contributed by atoms with Gasteiger partial charge in [0, 0.05) is 24.7 Å². The first-order chi connectivity index (χ1) is 6.23. The van der Waals surface area contributed by atoms with Crippen LogP contribution in [0.3, 0.4) is 0 Å². The first-order valence-corrected chi connectivity index (χ1v) is 5.68. The van der Waals surface area contributed by atoms with Crippen LogP contribution in [0.15, 0.2) is 0 Å². The molecular formula is C11H22N2. The van der Waals surface area contributed by atoms with Gasteiger partial charge in [0.15, 0.2) is 0 Å². The fraction of sp³-hybridized carbons (Fsp3) is 1.00. The van der Waals surface area contributed by atoms with Gasteiger partial charge in [-0.3, -0.25) is 4.90 Å². The Bertz CT molecular complexity index is 173. The molecule has 0 aromatic rings. The highest BCUT2D eigenvalue weighted by Crippen LogP contribution is 2.34. The Morgan fingerprint density at radius 3 is 2.54 bits per heavy atom. The zero-order valence-electron chi connectivity index (χ0n) is 8.97. The number of likely N-dealkylation sites (N-methyl/N-ethyl adjacent to an activating group) is 1. The van der Waals surface area contributed by atoms with Gasteiger partial charge in [-0.2, -0.15) is 0 Å². The maximum atomic E-state index is 3.63. The van der Waals surface area contributed by atoms with Gasteiger partial charge in [-0.25, -0.2) is 0 Å². The summed E-state index contributed by atoms with van der Waals surface area (Å²) in [5, 5.41) is 3.63. The Kier molecular flexibility index (Phi) is 2.61. The highest BCUT2D eigenvalue weighted by molar-refractivity contribution is 4.98. The van der Waals surface area contributed by atoms with Crippen molar-refractivity contribution < 1.29 is 0 Å². The van der Waals surface area contributed by atoms with Crippen LogP contribution in [-0.2, 0) is 0 Å². The second-order valence-electron chi connectivity index (χ2n) is 4.95. The molecule has 1 heterocycles. The summed E-state index contributed by atoms with van der Waals surface area (Å²) in [4.78, 5) is 2.60. The topological polar surface area (TPSA) is 15.3 Å². The third-order valence-electron chi connectivity index (χ3n) is 3.92. The predicted molar refractivity (Wildman–Crippen MR) is 55.9 cm³/mol. The van der Waals surface area contributed by atoms with Gasteiger partial charge in [-0.1, -0.05) is 19.3 Å². The molecule has 1 atom stereocenters. The zero-order chi connectivity index (χ0) is 9.31. The predicted octanol–water partition coefficient (Wildman–Crippen LogP) is 1.61. The molecule has 1 saturated heterocycles. The average molecular weight is 182 g/mol. The van der Waals surface area contributed by atoms with Crippen LogP contribution >= 0.6 is 0 Å². The van der Waals surface area contributed by atoms with Gasteiger partial charge in [0.25, 0.3) is 0 Å². The smallest absolute Gasteiger partial charge is 0.0331 e. The van der Waals surface area contributed by atoms with E-state index in [0.29, 0.717) is 11.6 Å². The molecule has 0 aromatic carbocycles. The van der Waals surface area contributed by atoms with Crippen LogP contribution < -0.4 is 5.32 Å². The molecule has 1 spiro atoms. The van der Waals surface area contributed by atoms with Gasteiger partial charge in [0.1, 0.15) is 0 Å². The zero-order valence-corrected chi connectivity index (χ0v) is 8.97. The molecule has 1 saturated carbocycles. The van der Waals surface area contributed by atoms with Crippen molar-refractivity contribution in [1.82, 2.24) is 10.2 Å².